The van der Waals surface area contributed by atoms with Gasteiger partial charge in [-0.25, -0.2) is 0 Å². The molecule has 0 aromatic heterocycles. The number of rotatable bonds is 3. The number of piperidine rings is 1. The van der Waals surface area contributed by atoms with E-state index in [1.54, 1.807) is 0 Å². The molecule has 1 N–H and O–H groups in total. The molecule has 0 radical (unpaired) electrons. The third-order valence-corrected chi connectivity index (χ3v) is 3.65. The predicted octanol–water partition coefficient (Wildman–Crippen LogP) is 2.10. The number of amides is 1. The van der Waals surface area contributed by atoms with Gasteiger partial charge in [0, 0.05) is 13.6 Å². The summed E-state index contributed by atoms with van der Waals surface area (Å²) < 4.78 is 0. The van der Waals surface area contributed by atoms with Crippen LogP contribution in [0.15, 0.2) is 24.3 Å². The van der Waals surface area contributed by atoms with E-state index in [-0.39, 0.29) is 11.9 Å². The van der Waals surface area contributed by atoms with Gasteiger partial charge in [0.15, 0.2) is 0 Å². The molecule has 1 aliphatic heterocycles. The summed E-state index contributed by atoms with van der Waals surface area (Å²) in [5.74, 6) is 0.220. The highest BCUT2D eigenvalue weighted by atomic mass is 16.2. The van der Waals surface area contributed by atoms with E-state index in [1.165, 1.54) is 17.5 Å². The molecule has 18 heavy (non-hydrogen) atoms. The van der Waals surface area contributed by atoms with Gasteiger partial charge in [-0.3, -0.25) is 4.79 Å². The van der Waals surface area contributed by atoms with Crippen LogP contribution >= 0.6 is 0 Å². The summed E-state index contributed by atoms with van der Waals surface area (Å²) in [6.07, 6.45) is 3.31. The summed E-state index contributed by atoms with van der Waals surface area (Å²) in [4.78, 5) is 14.1. The standard InChI is InChI=1S/C15H22N2O/c1-12-7-3-4-8-13(12)11-17(2)15(18)14-9-5-6-10-16-14/h3-4,7-8,14,16H,5-6,9-11H2,1-2H3. The molecular weight excluding hydrogens is 224 g/mol. The first-order chi connectivity index (χ1) is 8.68. The molecule has 1 atom stereocenters. The van der Waals surface area contributed by atoms with Crippen LogP contribution in [-0.2, 0) is 11.3 Å². The Labute approximate surface area is 109 Å². The summed E-state index contributed by atoms with van der Waals surface area (Å²) in [7, 11) is 1.89. The van der Waals surface area contributed by atoms with Crippen molar-refractivity contribution in [2.24, 2.45) is 0 Å². The van der Waals surface area contributed by atoms with E-state index in [9.17, 15) is 4.79 Å². The third kappa shape index (κ3) is 3.10. The molecule has 1 unspecified atom stereocenters. The summed E-state index contributed by atoms with van der Waals surface area (Å²) in [6.45, 7) is 3.75. The Balaban J connectivity index is 1.96. The maximum atomic E-state index is 12.3. The molecule has 3 nitrogen and oxygen atoms in total. The number of benzene rings is 1. The Bertz CT molecular complexity index is 411. The Morgan fingerprint density at radius 1 is 1.39 bits per heavy atom. The van der Waals surface area contributed by atoms with Crippen LogP contribution in [0.5, 0.6) is 0 Å². The number of hydrogen-bond donors (Lipinski definition) is 1. The first-order valence-electron chi connectivity index (χ1n) is 6.71. The predicted molar refractivity (Wildman–Crippen MR) is 73.3 cm³/mol. The van der Waals surface area contributed by atoms with E-state index in [4.69, 9.17) is 0 Å². The summed E-state index contributed by atoms with van der Waals surface area (Å²) in [6, 6.07) is 8.26. The second-order valence-electron chi connectivity index (χ2n) is 5.12. The van der Waals surface area contributed by atoms with E-state index in [2.05, 4.69) is 24.4 Å². The minimum Gasteiger partial charge on any atom is -0.340 e. The van der Waals surface area contributed by atoms with Gasteiger partial charge < -0.3 is 10.2 Å². The van der Waals surface area contributed by atoms with Crippen LogP contribution in [0.2, 0.25) is 0 Å². The number of nitrogens with one attached hydrogen (secondary N) is 1. The fourth-order valence-electron chi connectivity index (χ4n) is 2.45. The molecule has 1 heterocycles. The number of likely N-dealkylation sites (N-methyl/N-ethyl adjacent to an activating group) is 1. The lowest BCUT2D eigenvalue weighted by atomic mass is 10.0. The molecule has 1 amide bonds. The lowest BCUT2D eigenvalue weighted by Crippen LogP contribution is -2.47. The molecule has 3 heteroatoms. The molecular formula is C15H22N2O. The zero-order valence-electron chi connectivity index (χ0n) is 11.3. The van der Waals surface area contributed by atoms with Crippen LogP contribution in [0.3, 0.4) is 0 Å². The van der Waals surface area contributed by atoms with Gasteiger partial charge >= 0.3 is 0 Å². The number of aryl methyl sites for hydroxylation is 1. The molecule has 1 aromatic rings. The number of carbonyl (C=O) groups excluding carboxylic acids is 1. The molecule has 0 aliphatic carbocycles. The highest BCUT2D eigenvalue weighted by Gasteiger charge is 2.23. The fourth-order valence-corrected chi connectivity index (χ4v) is 2.45. The van der Waals surface area contributed by atoms with E-state index >= 15 is 0 Å². The van der Waals surface area contributed by atoms with Crippen molar-refractivity contribution in [1.29, 1.82) is 0 Å². The van der Waals surface area contributed by atoms with Crippen LogP contribution in [0.1, 0.15) is 30.4 Å². The van der Waals surface area contributed by atoms with Gasteiger partial charge in [0.1, 0.15) is 0 Å². The first kappa shape index (κ1) is 13.1. The van der Waals surface area contributed by atoms with Crippen LogP contribution in [0.4, 0.5) is 0 Å². The van der Waals surface area contributed by atoms with Gasteiger partial charge in [-0.05, 0) is 37.4 Å². The van der Waals surface area contributed by atoms with Crippen molar-refractivity contribution >= 4 is 5.91 Å². The highest BCUT2D eigenvalue weighted by molar-refractivity contribution is 5.81. The average Bonchev–Trinajstić information content (AvgIpc) is 2.41. The van der Waals surface area contributed by atoms with Crippen LogP contribution < -0.4 is 5.32 Å². The van der Waals surface area contributed by atoms with Gasteiger partial charge in [0.05, 0.1) is 6.04 Å². The number of hydrogen-bond acceptors (Lipinski definition) is 2. The molecule has 0 saturated carbocycles. The largest absolute Gasteiger partial charge is 0.340 e. The second-order valence-corrected chi connectivity index (χ2v) is 5.12. The molecule has 0 spiro atoms. The third-order valence-electron chi connectivity index (χ3n) is 3.65. The Morgan fingerprint density at radius 2 is 2.17 bits per heavy atom. The van der Waals surface area contributed by atoms with Crippen molar-refractivity contribution in [1.82, 2.24) is 10.2 Å². The lowest BCUT2D eigenvalue weighted by molar-refractivity contribution is -0.133. The molecule has 1 fully saturated rings. The quantitative estimate of drug-likeness (QED) is 0.885. The van der Waals surface area contributed by atoms with Crippen LogP contribution in [-0.4, -0.2) is 30.4 Å². The van der Waals surface area contributed by atoms with Crippen molar-refractivity contribution in [3.05, 3.63) is 35.4 Å². The van der Waals surface area contributed by atoms with Crippen molar-refractivity contribution in [2.75, 3.05) is 13.6 Å². The smallest absolute Gasteiger partial charge is 0.239 e. The molecule has 98 valence electrons. The van der Waals surface area contributed by atoms with Crippen molar-refractivity contribution in [3.8, 4) is 0 Å². The maximum Gasteiger partial charge on any atom is 0.239 e. The monoisotopic (exact) mass is 246 g/mol. The van der Waals surface area contributed by atoms with Gasteiger partial charge in [-0.2, -0.15) is 0 Å². The number of nitrogens with zero attached hydrogens (tertiary/aromatic N) is 1. The van der Waals surface area contributed by atoms with E-state index in [0.29, 0.717) is 6.54 Å². The molecule has 1 saturated heterocycles. The van der Waals surface area contributed by atoms with Crippen molar-refractivity contribution < 1.29 is 4.79 Å². The van der Waals surface area contributed by atoms with E-state index in [0.717, 1.165) is 19.4 Å². The highest BCUT2D eigenvalue weighted by Crippen LogP contribution is 2.13. The molecule has 2 rings (SSSR count). The van der Waals surface area contributed by atoms with Crippen LogP contribution in [0.25, 0.3) is 0 Å². The SMILES string of the molecule is Cc1ccccc1CN(C)C(=O)C1CCCCN1. The zero-order chi connectivity index (χ0) is 13.0. The van der Waals surface area contributed by atoms with Gasteiger partial charge in [0.25, 0.3) is 0 Å². The van der Waals surface area contributed by atoms with E-state index < -0.39 is 0 Å². The minimum absolute atomic E-state index is 0.0211. The summed E-state index contributed by atoms with van der Waals surface area (Å²) in [5, 5.41) is 3.31. The topological polar surface area (TPSA) is 32.3 Å². The maximum absolute atomic E-state index is 12.3. The van der Waals surface area contributed by atoms with Crippen molar-refractivity contribution in [2.45, 2.75) is 38.8 Å². The Kier molecular flexibility index (Phi) is 4.37. The molecule has 0 bridgehead atoms. The van der Waals surface area contributed by atoms with E-state index in [1.807, 2.05) is 24.1 Å². The van der Waals surface area contributed by atoms with Crippen molar-refractivity contribution in [3.63, 3.8) is 0 Å². The Hall–Kier alpha value is -1.35. The number of carbonyl (C=O) groups is 1. The Morgan fingerprint density at radius 3 is 2.83 bits per heavy atom. The van der Waals surface area contributed by atoms with Gasteiger partial charge in [-0.1, -0.05) is 30.7 Å². The first-order valence-corrected chi connectivity index (χ1v) is 6.71. The lowest BCUT2D eigenvalue weighted by Gasteiger charge is -2.27. The second kappa shape index (κ2) is 6.01. The zero-order valence-corrected chi connectivity index (χ0v) is 11.3. The van der Waals surface area contributed by atoms with Gasteiger partial charge in [-0.15, -0.1) is 0 Å². The minimum atomic E-state index is 0.0211. The molecule has 1 aromatic carbocycles. The molecule has 1 aliphatic rings. The fraction of sp³-hybridized carbons (Fsp3) is 0.533. The summed E-state index contributed by atoms with van der Waals surface area (Å²) >= 11 is 0. The van der Waals surface area contributed by atoms with Gasteiger partial charge in [0.2, 0.25) is 5.91 Å². The summed E-state index contributed by atoms with van der Waals surface area (Å²) in [5.41, 5.74) is 2.47. The normalized spacial score (nSPS) is 19.6. The average molecular weight is 246 g/mol. The van der Waals surface area contributed by atoms with Crippen LogP contribution in [0, 0.1) is 6.92 Å².